The lowest BCUT2D eigenvalue weighted by molar-refractivity contribution is -0.110. The van der Waals surface area contributed by atoms with Gasteiger partial charge in [-0.05, 0) is 46.3 Å². The van der Waals surface area contributed by atoms with E-state index in [2.05, 4.69) is 42.2 Å². The Morgan fingerprint density at radius 1 is 1.12 bits per heavy atom. The first-order valence-corrected chi connectivity index (χ1v) is 9.07. The molecule has 4 rings (SSSR count). The Bertz CT molecular complexity index is 1050. The normalized spacial score (nSPS) is 15.0. The van der Waals surface area contributed by atoms with Crippen LogP contribution in [0.2, 0.25) is 5.15 Å². The topological polar surface area (TPSA) is 42.0 Å². The number of benzene rings is 2. The van der Waals surface area contributed by atoms with Gasteiger partial charge < -0.3 is 5.32 Å². The van der Waals surface area contributed by atoms with Crippen molar-refractivity contribution in [1.29, 1.82) is 0 Å². The first kappa shape index (κ1) is 15.8. The van der Waals surface area contributed by atoms with Gasteiger partial charge in [-0.25, -0.2) is 4.98 Å². The molecule has 0 unspecified atom stereocenters. The number of rotatable bonds is 1. The second-order valence-corrected chi connectivity index (χ2v) is 7.51. The van der Waals surface area contributed by atoms with Crippen molar-refractivity contribution >= 4 is 77.6 Å². The molecule has 6 heteroatoms. The van der Waals surface area contributed by atoms with Gasteiger partial charge in [-0.15, -0.1) is 0 Å². The molecule has 3 nitrogen and oxygen atoms in total. The number of pyridine rings is 1. The van der Waals surface area contributed by atoms with Crippen LogP contribution in [-0.2, 0) is 4.79 Å². The fourth-order valence-electron chi connectivity index (χ4n) is 2.73. The Balaban J connectivity index is 1.91. The van der Waals surface area contributed by atoms with Crippen molar-refractivity contribution in [1.82, 2.24) is 4.98 Å². The highest BCUT2D eigenvalue weighted by Gasteiger charge is 2.26. The largest absolute Gasteiger partial charge is 0.320 e. The minimum Gasteiger partial charge on any atom is -0.320 e. The van der Waals surface area contributed by atoms with Gasteiger partial charge in [0.15, 0.2) is 0 Å². The summed E-state index contributed by atoms with van der Waals surface area (Å²) < 4.78 is 1.71. The quantitative estimate of drug-likeness (QED) is 0.360. The minimum atomic E-state index is -0.159. The summed E-state index contributed by atoms with van der Waals surface area (Å²) in [5, 5.41) is 4.23. The molecule has 118 valence electrons. The number of amides is 1. The second kappa shape index (κ2) is 5.99. The molecular weight excluding hydrogens is 455 g/mol. The van der Waals surface area contributed by atoms with E-state index >= 15 is 0 Å². The van der Waals surface area contributed by atoms with E-state index in [9.17, 15) is 4.79 Å². The van der Waals surface area contributed by atoms with E-state index in [0.29, 0.717) is 16.3 Å². The molecule has 1 aromatic heterocycles. The van der Waals surface area contributed by atoms with Gasteiger partial charge in [0.25, 0.3) is 5.91 Å². The fraction of sp³-hybridized carbons (Fsp3) is 0. The summed E-state index contributed by atoms with van der Waals surface area (Å²) in [6.45, 7) is 0. The Morgan fingerprint density at radius 3 is 2.75 bits per heavy atom. The molecule has 1 N–H and O–H groups in total. The molecule has 24 heavy (non-hydrogen) atoms. The van der Waals surface area contributed by atoms with Crippen LogP contribution >= 0.6 is 43.5 Å². The van der Waals surface area contributed by atoms with Crippen molar-refractivity contribution in [2.45, 2.75) is 0 Å². The van der Waals surface area contributed by atoms with Crippen molar-refractivity contribution < 1.29 is 4.79 Å². The van der Waals surface area contributed by atoms with Crippen molar-refractivity contribution in [3.63, 3.8) is 0 Å². The maximum Gasteiger partial charge on any atom is 0.256 e. The molecule has 0 atom stereocenters. The molecule has 0 saturated heterocycles. The first-order chi connectivity index (χ1) is 11.5. The van der Waals surface area contributed by atoms with Crippen LogP contribution in [0.15, 0.2) is 51.4 Å². The summed E-state index contributed by atoms with van der Waals surface area (Å²) in [5.74, 6) is -0.159. The van der Waals surface area contributed by atoms with Crippen LogP contribution in [0.1, 0.15) is 11.1 Å². The van der Waals surface area contributed by atoms with Crippen LogP contribution in [0.25, 0.3) is 22.6 Å². The third-order valence-electron chi connectivity index (χ3n) is 3.83. The number of hydrogen-bond acceptors (Lipinski definition) is 2. The van der Waals surface area contributed by atoms with E-state index in [-0.39, 0.29) is 5.91 Å². The molecule has 1 aliphatic heterocycles. The number of carbonyl (C=O) groups is 1. The van der Waals surface area contributed by atoms with Gasteiger partial charge in [0.05, 0.1) is 11.2 Å². The molecule has 0 radical (unpaired) electrons. The van der Waals surface area contributed by atoms with Gasteiger partial charge in [0.1, 0.15) is 5.15 Å². The lowest BCUT2D eigenvalue weighted by Crippen LogP contribution is -2.04. The van der Waals surface area contributed by atoms with Gasteiger partial charge in [-0.3, -0.25) is 4.79 Å². The number of nitrogens with one attached hydrogen (secondary N) is 1. The highest BCUT2D eigenvalue weighted by Crippen LogP contribution is 2.41. The zero-order valence-corrected chi connectivity index (χ0v) is 16.0. The third kappa shape index (κ3) is 2.66. The summed E-state index contributed by atoms with van der Waals surface area (Å²) in [7, 11) is 0. The zero-order chi connectivity index (χ0) is 16.8. The van der Waals surface area contributed by atoms with Crippen molar-refractivity contribution in [2.75, 3.05) is 5.32 Å². The van der Waals surface area contributed by atoms with Crippen LogP contribution in [0, 0.1) is 0 Å². The summed E-state index contributed by atoms with van der Waals surface area (Å²) in [5.41, 5.74) is 3.69. The Kier molecular flexibility index (Phi) is 3.95. The Morgan fingerprint density at radius 2 is 1.92 bits per heavy atom. The number of halogens is 3. The standard InChI is InChI=1S/C18H9Br2ClN2O/c19-11-7-12-13(18(24)23-16(12)14(20)8-11)6-10-5-9-3-1-2-4-15(9)22-17(10)21/h1-8H,(H,23,24). The summed E-state index contributed by atoms with van der Waals surface area (Å²) >= 11 is 13.2. The SMILES string of the molecule is O=C1Nc2c(Br)cc(Br)cc2C1=Cc1cc2ccccc2nc1Cl. The van der Waals surface area contributed by atoms with Crippen LogP contribution < -0.4 is 5.32 Å². The molecule has 2 aromatic carbocycles. The Labute approximate surface area is 160 Å². The van der Waals surface area contributed by atoms with Gasteiger partial charge >= 0.3 is 0 Å². The predicted molar refractivity (Wildman–Crippen MR) is 105 cm³/mol. The van der Waals surface area contributed by atoms with E-state index in [0.717, 1.165) is 31.1 Å². The van der Waals surface area contributed by atoms with E-state index in [1.54, 1.807) is 6.08 Å². The smallest absolute Gasteiger partial charge is 0.256 e. The first-order valence-electron chi connectivity index (χ1n) is 7.11. The molecule has 3 aromatic rings. The van der Waals surface area contributed by atoms with E-state index in [1.165, 1.54) is 0 Å². The van der Waals surface area contributed by atoms with Gasteiger partial charge in [-0.1, -0.05) is 45.7 Å². The summed E-state index contributed by atoms with van der Waals surface area (Å²) in [4.78, 5) is 16.8. The van der Waals surface area contributed by atoms with Gasteiger partial charge in [0.2, 0.25) is 0 Å². The molecule has 0 saturated carbocycles. The van der Waals surface area contributed by atoms with E-state index in [4.69, 9.17) is 11.6 Å². The van der Waals surface area contributed by atoms with Crippen molar-refractivity contribution in [3.05, 3.63) is 67.7 Å². The number of carbonyl (C=O) groups excluding carboxylic acids is 1. The van der Waals surface area contributed by atoms with Crippen LogP contribution in [0.3, 0.4) is 0 Å². The van der Waals surface area contributed by atoms with Gasteiger partial charge in [-0.2, -0.15) is 0 Å². The second-order valence-electron chi connectivity index (χ2n) is 5.38. The number of fused-ring (bicyclic) bond motifs is 2. The number of aromatic nitrogens is 1. The monoisotopic (exact) mass is 462 g/mol. The zero-order valence-electron chi connectivity index (χ0n) is 12.1. The Hall–Kier alpha value is -1.69. The highest BCUT2D eigenvalue weighted by molar-refractivity contribution is 9.11. The third-order valence-corrected chi connectivity index (χ3v) is 5.22. The molecule has 0 spiro atoms. The predicted octanol–water partition coefficient (Wildman–Crippen LogP) is 5.91. The van der Waals surface area contributed by atoms with Gasteiger partial charge in [0, 0.05) is 31.0 Å². The highest BCUT2D eigenvalue weighted by atomic mass is 79.9. The number of anilines is 1. The van der Waals surface area contributed by atoms with Crippen molar-refractivity contribution in [3.8, 4) is 0 Å². The maximum atomic E-state index is 12.4. The number of nitrogens with zero attached hydrogens (tertiary/aromatic N) is 1. The van der Waals surface area contributed by atoms with E-state index in [1.807, 2.05) is 42.5 Å². The number of hydrogen-bond donors (Lipinski definition) is 1. The number of para-hydroxylation sites is 1. The maximum absolute atomic E-state index is 12.4. The lowest BCUT2D eigenvalue weighted by atomic mass is 10.0. The van der Waals surface area contributed by atoms with Crippen LogP contribution in [0.4, 0.5) is 5.69 Å². The average Bonchev–Trinajstić information content (AvgIpc) is 2.85. The lowest BCUT2D eigenvalue weighted by Gasteiger charge is -2.04. The van der Waals surface area contributed by atoms with E-state index < -0.39 is 0 Å². The molecule has 0 aliphatic carbocycles. The molecule has 0 fully saturated rings. The molecule has 1 amide bonds. The summed E-state index contributed by atoms with van der Waals surface area (Å²) in [6.07, 6.45) is 1.78. The van der Waals surface area contributed by atoms with Crippen molar-refractivity contribution in [2.24, 2.45) is 0 Å². The molecule has 1 aliphatic rings. The van der Waals surface area contributed by atoms with Crippen LogP contribution in [0.5, 0.6) is 0 Å². The minimum absolute atomic E-state index is 0.159. The summed E-state index contributed by atoms with van der Waals surface area (Å²) in [6, 6.07) is 13.5. The van der Waals surface area contributed by atoms with Crippen LogP contribution in [-0.4, -0.2) is 10.9 Å². The average molecular weight is 465 g/mol. The molecular formula is C18H9Br2ClN2O. The molecule has 0 bridgehead atoms. The fourth-order valence-corrected chi connectivity index (χ4v) is 4.25. The molecule has 2 heterocycles.